The van der Waals surface area contributed by atoms with E-state index in [0.717, 1.165) is 33.3 Å². The van der Waals surface area contributed by atoms with E-state index in [-0.39, 0.29) is 17.8 Å². The SMILES string of the molecule is Cc1cccc(NC(=O)NC[C@H](c2ccc(F)cc2)c2c[nH]c3ccccc23)c1. The predicted molar refractivity (Wildman–Crippen MR) is 115 cm³/mol. The second-order valence-electron chi connectivity index (χ2n) is 7.10. The zero-order valence-corrected chi connectivity index (χ0v) is 16.1. The van der Waals surface area contributed by atoms with Crippen LogP contribution in [0, 0.1) is 12.7 Å². The normalized spacial score (nSPS) is 11.9. The fourth-order valence-electron chi connectivity index (χ4n) is 3.58. The Kier molecular flexibility index (Phi) is 5.29. The first-order valence-electron chi connectivity index (χ1n) is 9.53. The lowest BCUT2D eigenvalue weighted by Gasteiger charge is -2.18. The minimum Gasteiger partial charge on any atom is -0.361 e. The molecule has 4 aromatic rings. The van der Waals surface area contributed by atoms with Gasteiger partial charge >= 0.3 is 6.03 Å². The number of para-hydroxylation sites is 1. The number of halogens is 1. The van der Waals surface area contributed by atoms with Crippen LogP contribution in [0.3, 0.4) is 0 Å². The molecule has 3 aromatic carbocycles. The first kappa shape index (κ1) is 18.7. The highest BCUT2D eigenvalue weighted by Gasteiger charge is 2.19. The number of benzene rings is 3. The van der Waals surface area contributed by atoms with E-state index >= 15 is 0 Å². The van der Waals surface area contributed by atoms with E-state index in [1.54, 1.807) is 12.1 Å². The summed E-state index contributed by atoms with van der Waals surface area (Å²) in [6.07, 6.45) is 1.96. The standard InChI is InChI=1S/C24H22FN3O/c1-16-5-4-6-19(13-16)28-24(29)27-14-21(17-9-11-18(25)12-10-17)22-15-26-23-8-3-2-7-20(22)23/h2-13,15,21,26H,14H2,1H3,(H2,27,28,29)/t21-/m1/s1. The van der Waals surface area contributed by atoms with Gasteiger partial charge in [-0.25, -0.2) is 9.18 Å². The summed E-state index contributed by atoms with van der Waals surface area (Å²) in [5, 5.41) is 6.91. The Morgan fingerprint density at radius 3 is 2.62 bits per heavy atom. The third-order valence-electron chi connectivity index (χ3n) is 5.01. The lowest BCUT2D eigenvalue weighted by atomic mass is 9.91. The summed E-state index contributed by atoms with van der Waals surface area (Å²) in [6, 6.07) is 21.8. The smallest absolute Gasteiger partial charge is 0.319 e. The molecule has 1 aromatic heterocycles. The van der Waals surface area contributed by atoms with E-state index in [4.69, 9.17) is 0 Å². The molecule has 0 bridgehead atoms. The minimum absolute atomic E-state index is 0.116. The molecule has 0 aliphatic rings. The zero-order chi connectivity index (χ0) is 20.2. The maximum atomic E-state index is 13.4. The van der Waals surface area contributed by atoms with Crippen LogP contribution in [0.15, 0.2) is 79.0 Å². The predicted octanol–water partition coefficient (Wildman–Crippen LogP) is 5.57. The van der Waals surface area contributed by atoms with Gasteiger partial charge in [-0.3, -0.25) is 0 Å². The summed E-state index contributed by atoms with van der Waals surface area (Å²) in [5.74, 6) is -0.397. The maximum absolute atomic E-state index is 13.4. The first-order chi connectivity index (χ1) is 14.1. The molecule has 0 saturated heterocycles. The molecule has 4 rings (SSSR count). The van der Waals surface area contributed by atoms with Crippen molar-refractivity contribution >= 4 is 22.6 Å². The number of hydrogen-bond acceptors (Lipinski definition) is 1. The van der Waals surface area contributed by atoms with Crippen LogP contribution in [0.1, 0.15) is 22.6 Å². The molecule has 4 nitrogen and oxygen atoms in total. The van der Waals surface area contributed by atoms with Crippen LogP contribution in [-0.4, -0.2) is 17.6 Å². The van der Waals surface area contributed by atoms with Crippen LogP contribution in [-0.2, 0) is 0 Å². The molecule has 146 valence electrons. The van der Waals surface area contributed by atoms with Crippen molar-refractivity contribution in [2.45, 2.75) is 12.8 Å². The number of rotatable bonds is 5. The Hall–Kier alpha value is -3.60. The minimum atomic E-state index is -0.281. The molecule has 29 heavy (non-hydrogen) atoms. The van der Waals surface area contributed by atoms with E-state index in [1.807, 2.05) is 61.7 Å². The van der Waals surface area contributed by atoms with Gasteiger partial charge in [0.1, 0.15) is 5.82 Å². The number of carbonyl (C=O) groups is 1. The maximum Gasteiger partial charge on any atom is 0.319 e. The number of anilines is 1. The van der Waals surface area contributed by atoms with Gasteiger partial charge in [0, 0.05) is 35.2 Å². The van der Waals surface area contributed by atoms with Crippen molar-refractivity contribution in [3.63, 3.8) is 0 Å². The molecule has 3 N–H and O–H groups in total. The molecule has 0 aliphatic heterocycles. The monoisotopic (exact) mass is 387 g/mol. The van der Waals surface area contributed by atoms with Crippen LogP contribution in [0.25, 0.3) is 10.9 Å². The molecule has 0 radical (unpaired) electrons. The van der Waals surface area contributed by atoms with Crippen LogP contribution < -0.4 is 10.6 Å². The van der Waals surface area contributed by atoms with Crippen LogP contribution in [0.4, 0.5) is 14.9 Å². The van der Waals surface area contributed by atoms with Crippen molar-refractivity contribution in [3.05, 3.63) is 102 Å². The summed E-state index contributed by atoms with van der Waals surface area (Å²) < 4.78 is 13.4. The molecule has 1 heterocycles. The number of fused-ring (bicyclic) bond motifs is 1. The van der Waals surface area contributed by atoms with Crippen molar-refractivity contribution in [1.82, 2.24) is 10.3 Å². The van der Waals surface area contributed by atoms with Gasteiger partial charge in [-0.1, -0.05) is 42.5 Å². The molecule has 0 unspecified atom stereocenters. The first-order valence-corrected chi connectivity index (χ1v) is 9.53. The number of H-pyrrole nitrogens is 1. The van der Waals surface area contributed by atoms with E-state index in [9.17, 15) is 9.18 Å². The molecular formula is C24H22FN3O. The van der Waals surface area contributed by atoms with Crippen molar-refractivity contribution in [1.29, 1.82) is 0 Å². The third-order valence-corrected chi connectivity index (χ3v) is 5.01. The fourth-order valence-corrected chi connectivity index (χ4v) is 3.58. The van der Waals surface area contributed by atoms with E-state index in [1.165, 1.54) is 12.1 Å². The molecular weight excluding hydrogens is 365 g/mol. The van der Waals surface area contributed by atoms with Gasteiger partial charge < -0.3 is 15.6 Å². The topological polar surface area (TPSA) is 56.9 Å². The average molecular weight is 387 g/mol. The molecule has 0 aliphatic carbocycles. The summed E-state index contributed by atoms with van der Waals surface area (Å²) >= 11 is 0. The Morgan fingerprint density at radius 2 is 1.83 bits per heavy atom. The van der Waals surface area contributed by atoms with Crippen LogP contribution in [0.2, 0.25) is 0 Å². The fraction of sp³-hybridized carbons (Fsp3) is 0.125. The number of carbonyl (C=O) groups excluding carboxylic acids is 1. The van der Waals surface area contributed by atoms with E-state index < -0.39 is 0 Å². The number of aryl methyl sites for hydroxylation is 1. The van der Waals surface area contributed by atoms with Gasteiger partial charge in [0.05, 0.1) is 0 Å². The summed E-state index contributed by atoms with van der Waals surface area (Å²) in [4.78, 5) is 15.7. The van der Waals surface area contributed by atoms with Gasteiger partial charge in [0.15, 0.2) is 0 Å². The lowest BCUT2D eigenvalue weighted by molar-refractivity contribution is 0.252. The quantitative estimate of drug-likeness (QED) is 0.412. The molecule has 2 amide bonds. The van der Waals surface area contributed by atoms with Crippen LogP contribution in [0.5, 0.6) is 0 Å². The second kappa shape index (κ2) is 8.19. The molecule has 0 spiro atoms. The highest BCUT2D eigenvalue weighted by molar-refractivity contribution is 5.89. The van der Waals surface area contributed by atoms with Crippen molar-refractivity contribution in [2.24, 2.45) is 0 Å². The molecule has 5 heteroatoms. The Morgan fingerprint density at radius 1 is 1.03 bits per heavy atom. The molecule has 0 fully saturated rings. The number of nitrogens with one attached hydrogen (secondary N) is 3. The van der Waals surface area contributed by atoms with Gasteiger partial charge in [-0.05, 0) is 53.9 Å². The number of hydrogen-bond donors (Lipinski definition) is 3. The van der Waals surface area contributed by atoms with Gasteiger partial charge in [-0.2, -0.15) is 0 Å². The Balaban J connectivity index is 1.57. The third kappa shape index (κ3) is 4.29. The van der Waals surface area contributed by atoms with E-state index in [2.05, 4.69) is 15.6 Å². The number of urea groups is 1. The Bertz CT molecular complexity index is 1130. The highest BCUT2D eigenvalue weighted by atomic mass is 19.1. The lowest BCUT2D eigenvalue weighted by Crippen LogP contribution is -2.32. The van der Waals surface area contributed by atoms with Crippen molar-refractivity contribution in [2.75, 3.05) is 11.9 Å². The van der Waals surface area contributed by atoms with Crippen molar-refractivity contribution in [3.8, 4) is 0 Å². The number of amides is 2. The second-order valence-corrected chi connectivity index (χ2v) is 7.10. The summed E-state index contributed by atoms with van der Waals surface area (Å²) in [5.41, 5.74) is 4.84. The highest BCUT2D eigenvalue weighted by Crippen LogP contribution is 2.30. The van der Waals surface area contributed by atoms with Gasteiger partial charge in [0.2, 0.25) is 0 Å². The molecule has 1 atom stereocenters. The average Bonchev–Trinajstić information content (AvgIpc) is 3.13. The van der Waals surface area contributed by atoms with Crippen LogP contribution >= 0.6 is 0 Å². The molecule has 0 saturated carbocycles. The summed E-state index contributed by atoms with van der Waals surface area (Å²) in [7, 11) is 0. The van der Waals surface area contributed by atoms with Gasteiger partial charge in [-0.15, -0.1) is 0 Å². The summed E-state index contributed by atoms with van der Waals surface area (Å²) in [6.45, 7) is 2.36. The number of aromatic amines is 1. The van der Waals surface area contributed by atoms with E-state index in [0.29, 0.717) is 6.54 Å². The van der Waals surface area contributed by atoms with Crippen molar-refractivity contribution < 1.29 is 9.18 Å². The largest absolute Gasteiger partial charge is 0.361 e. The zero-order valence-electron chi connectivity index (χ0n) is 16.1. The Labute approximate surface area is 168 Å². The number of aromatic nitrogens is 1. The van der Waals surface area contributed by atoms with Gasteiger partial charge in [0.25, 0.3) is 0 Å².